The molecule has 0 aliphatic carbocycles. The van der Waals surface area contributed by atoms with Crippen molar-refractivity contribution in [3.8, 4) is 0 Å². The van der Waals surface area contributed by atoms with Gasteiger partial charge >= 0.3 is 5.97 Å². The Morgan fingerprint density at radius 3 is 2.90 bits per heavy atom. The maximum atomic E-state index is 11.6. The van der Waals surface area contributed by atoms with Crippen molar-refractivity contribution in [2.24, 2.45) is 5.73 Å². The Morgan fingerprint density at radius 2 is 2.15 bits per heavy atom. The van der Waals surface area contributed by atoms with Crippen LogP contribution in [0.4, 0.5) is 0 Å². The van der Waals surface area contributed by atoms with Gasteiger partial charge in [0.1, 0.15) is 0 Å². The summed E-state index contributed by atoms with van der Waals surface area (Å²) in [5.74, 6) is -1.73. The average Bonchev–Trinajstić information content (AvgIpc) is 2.81. The number of hydrogen-bond acceptors (Lipinski definition) is 4. The Kier molecular flexibility index (Phi) is 4.34. The van der Waals surface area contributed by atoms with E-state index in [1.165, 1.54) is 0 Å². The van der Waals surface area contributed by atoms with E-state index in [0.717, 1.165) is 16.5 Å². The van der Waals surface area contributed by atoms with Gasteiger partial charge in [0.25, 0.3) is 5.91 Å². The van der Waals surface area contributed by atoms with Gasteiger partial charge in [-0.3, -0.25) is 9.63 Å². The number of carbonyl (C=O) groups is 2. The number of carboxylic acid groups (broad SMARTS) is 1. The quantitative estimate of drug-likeness (QED) is 0.561. The molecule has 0 saturated carbocycles. The van der Waals surface area contributed by atoms with E-state index in [0.29, 0.717) is 6.42 Å². The number of para-hydroxylation sites is 1. The highest BCUT2D eigenvalue weighted by Gasteiger charge is 2.16. The van der Waals surface area contributed by atoms with Gasteiger partial charge in [-0.2, -0.15) is 0 Å². The Balaban J connectivity index is 1.95. The fourth-order valence-corrected chi connectivity index (χ4v) is 1.87. The predicted molar refractivity (Wildman–Crippen MR) is 71.7 cm³/mol. The first kappa shape index (κ1) is 14.0. The molecular weight excluding hydrogens is 262 g/mol. The molecule has 106 valence electrons. The number of aromatic amines is 1. The first-order chi connectivity index (χ1) is 9.58. The van der Waals surface area contributed by atoms with Crippen LogP contribution in [0.5, 0.6) is 0 Å². The molecule has 1 heterocycles. The molecule has 2 aromatic rings. The number of amides is 1. The van der Waals surface area contributed by atoms with Gasteiger partial charge < -0.3 is 15.8 Å². The first-order valence-electron chi connectivity index (χ1n) is 6.02. The molecule has 7 heteroatoms. The summed E-state index contributed by atoms with van der Waals surface area (Å²) in [6.45, 7) is -0.606. The summed E-state index contributed by atoms with van der Waals surface area (Å²) in [5.41, 5.74) is 9.67. The summed E-state index contributed by atoms with van der Waals surface area (Å²) in [7, 11) is 0. The molecule has 7 nitrogen and oxygen atoms in total. The van der Waals surface area contributed by atoms with Crippen LogP contribution in [0.15, 0.2) is 30.5 Å². The molecule has 0 fully saturated rings. The molecule has 1 amide bonds. The van der Waals surface area contributed by atoms with Crippen LogP contribution in [0.3, 0.4) is 0 Å². The van der Waals surface area contributed by atoms with Crippen LogP contribution in [-0.4, -0.2) is 34.6 Å². The van der Waals surface area contributed by atoms with Gasteiger partial charge in [-0.15, -0.1) is 0 Å². The zero-order valence-electron chi connectivity index (χ0n) is 10.6. The molecule has 0 saturated heterocycles. The zero-order valence-corrected chi connectivity index (χ0v) is 10.6. The highest BCUT2D eigenvalue weighted by Crippen LogP contribution is 2.18. The predicted octanol–water partition coefficient (Wildman–Crippen LogP) is 0.170. The first-order valence-corrected chi connectivity index (χ1v) is 6.02. The van der Waals surface area contributed by atoms with E-state index in [-0.39, 0.29) is 0 Å². The van der Waals surface area contributed by atoms with Gasteiger partial charge in [0.05, 0.1) is 6.04 Å². The third-order valence-electron chi connectivity index (χ3n) is 2.82. The van der Waals surface area contributed by atoms with Crippen LogP contribution in [0.2, 0.25) is 0 Å². The second-order valence-electron chi connectivity index (χ2n) is 4.32. The van der Waals surface area contributed by atoms with E-state index in [1.807, 2.05) is 29.7 Å². The minimum Gasteiger partial charge on any atom is -0.479 e. The second-order valence-corrected chi connectivity index (χ2v) is 4.32. The molecule has 0 unspecified atom stereocenters. The van der Waals surface area contributed by atoms with Gasteiger partial charge in [-0.05, 0) is 18.1 Å². The molecule has 0 aliphatic heterocycles. The van der Waals surface area contributed by atoms with Crippen molar-refractivity contribution in [3.63, 3.8) is 0 Å². The number of carboxylic acids is 1. The van der Waals surface area contributed by atoms with E-state index in [1.54, 1.807) is 6.20 Å². The molecule has 1 aromatic heterocycles. The number of fused-ring (bicyclic) bond motifs is 1. The van der Waals surface area contributed by atoms with Crippen LogP contribution < -0.4 is 11.2 Å². The van der Waals surface area contributed by atoms with Gasteiger partial charge in [0.2, 0.25) is 0 Å². The largest absolute Gasteiger partial charge is 0.479 e. The average molecular weight is 277 g/mol. The van der Waals surface area contributed by atoms with Crippen molar-refractivity contribution in [1.29, 1.82) is 0 Å². The highest BCUT2D eigenvalue weighted by atomic mass is 16.7. The maximum absolute atomic E-state index is 11.6. The van der Waals surface area contributed by atoms with Crippen LogP contribution in [0.1, 0.15) is 5.56 Å². The third-order valence-corrected chi connectivity index (χ3v) is 2.82. The van der Waals surface area contributed by atoms with E-state index < -0.39 is 24.5 Å². The molecule has 2 rings (SSSR count). The number of nitrogens with one attached hydrogen (secondary N) is 2. The fraction of sp³-hybridized carbons (Fsp3) is 0.231. The summed E-state index contributed by atoms with van der Waals surface area (Å²) in [6.07, 6.45) is 2.13. The second kappa shape index (κ2) is 6.18. The number of benzene rings is 1. The molecule has 1 atom stereocenters. The van der Waals surface area contributed by atoms with Crippen LogP contribution in [0, 0.1) is 0 Å². The lowest BCUT2D eigenvalue weighted by atomic mass is 10.1. The number of aromatic nitrogens is 1. The molecule has 0 spiro atoms. The third kappa shape index (κ3) is 3.34. The smallest absolute Gasteiger partial charge is 0.332 e. The minimum absolute atomic E-state index is 0.326. The lowest BCUT2D eigenvalue weighted by Crippen LogP contribution is -2.42. The maximum Gasteiger partial charge on any atom is 0.332 e. The lowest BCUT2D eigenvalue weighted by Gasteiger charge is -2.10. The number of aliphatic carboxylic acids is 1. The Labute approximate surface area is 114 Å². The van der Waals surface area contributed by atoms with Crippen molar-refractivity contribution < 1.29 is 19.5 Å². The van der Waals surface area contributed by atoms with Gasteiger partial charge in [-0.25, -0.2) is 10.3 Å². The topological polar surface area (TPSA) is 117 Å². The van der Waals surface area contributed by atoms with Crippen molar-refractivity contribution in [3.05, 3.63) is 36.0 Å². The van der Waals surface area contributed by atoms with E-state index in [4.69, 9.17) is 10.8 Å². The fourth-order valence-electron chi connectivity index (χ4n) is 1.87. The molecular formula is C13H15N3O4. The number of H-pyrrole nitrogens is 1. The summed E-state index contributed by atoms with van der Waals surface area (Å²) < 4.78 is 0. The summed E-state index contributed by atoms with van der Waals surface area (Å²) in [5, 5.41) is 9.38. The van der Waals surface area contributed by atoms with Crippen LogP contribution in [0.25, 0.3) is 10.9 Å². The lowest BCUT2D eigenvalue weighted by molar-refractivity contribution is -0.149. The number of rotatable bonds is 6. The molecule has 1 aromatic carbocycles. The van der Waals surface area contributed by atoms with E-state index in [2.05, 4.69) is 9.82 Å². The molecule has 0 bridgehead atoms. The Hall–Kier alpha value is -2.38. The van der Waals surface area contributed by atoms with Gasteiger partial charge in [0.15, 0.2) is 6.61 Å². The Morgan fingerprint density at radius 1 is 1.40 bits per heavy atom. The van der Waals surface area contributed by atoms with E-state index >= 15 is 0 Å². The normalized spacial score (nSPS) is 12.2. The Bertz CT molecular complexity index is 623. The van der Waals surface area contributed by atoms with Crippen molar-refractivity contribution in [1.82, 2.24) is 10.5 Å². The van der Waals surface area contributed by atoms with Crippen LogP contribution >= 0.6 is 0 Å². The molecule has 20 heavy (non-hydrogen) atoms. The van der Waals surface area contributed by atoms with Crippen molar-refractivity contribution >= 4 is 22.8 Å². The highest BCUT2D eigenvalue weighted by molar-refractivity contribution is 5.85. The monoisotopic (exact) mass is 277 g/mol. The number of carbonyl (C=O) groups excluding carboxylic acids is 1. The van der Waals surface area contributed by atoms with E-state index in [9.17, 15) is 9.59 Å². The molecule has 0 radical (unpaired) electrons. The van der Waals surface area contributed by atoms with Gasteiger partial charge in [0, 0.05) is 17.1 Å². The minimum atomic E-state index is -1.17. The molecule has 5 N–H and O–H groups in total. The summed E-state index contributed by atoms with van der Waals surface area (Å²) >= 11 is 0. The van der Waals surface area contributed by atoms with Crippen molar-refractivity contribution in [2.45, 2.75) is 12.5 Å². The number of hydroxylamine groups is 1. The standard InChI is InChI=1S/C13H15N3O4/c14-10(13(19)16-20-7-12(17)18)5-8-6-15-11-4-2-1-3-9(8)11/h1-4,6,10,15H,5,7,14H2,(H,16,19)(H,17,18)/t10-/m0/s1. The van der Waals surface area contributed by atoms with Crippen molar-refractivity contribution in [2.75, 3.05) is 6.61 Å². The zero-order chi connectivity index (χ0) is 14.5. The molecule has 0 aliphatic rings. The number of hydrogen-bond donors (Lipinski definition) is 4. The SMILES string of the molecule is N[C@@H](Cc1c[nH]c2ccccc12)C(=O)NOCC(=O)O. The number of nitrogens with two attached hydrogens (primary N) is 1. The van der Waals surface area contributed by atoms with Crippen LogP contribution in [-0.2, 0) is 20.8 Å². The summed E-state index contributed by atoms with van der Waals surface area (Å²) in [6, 6.07) is 6.87. The van der Waals surface area contributed by atoms with Gasteiger partial charge in [-0.1, -0.05) is 18.2 Å². The summed E-state index contributed by atoms with van der Waals surface area (Å²) in [4.78, 5) is 29.5.